The molecule has 1 aromatic rings. The molecule has 2 N–H and O–H groups in total. The van der Waals surface area contributed by atoms with Gasteiger partial charge >= 0.3 is 0 Å². The van der Waals surface area contributed by atoms with Crippen LogP contribution in [0, 0.1) is 6.20 Å². The molecule has 1 aromatic heterocycles. The Bertz CT molecular complexity index is 279. The lowest BCUT2D eigenvalue weighted by molar-refractivity contribution is 0.870. The molecule has 0 amide bonds. The van der Waals surface area contributed by atoms with E-state index in [1.54, 1.807) is 0 Å². The Balaban J connectivity index is 2.80. The van der Waals surface area contributed by atoms with E-state index in [-0.39, 0.29) is 11.6 Å². The highest BCUT2D eigenvalue weighted by Gasteiger charge is 1.95. The molecule has 59 valence electrons. The van der Waals surface area contributed by atoms with Crippen LogP contribution in [0.4, 0.5) is 5.95 Å². The number of hydrogen-bond acceptors (Lipinski definition) is 3. The Hall–Kier alpha value is -1.32. The fraction of sp³-hybridized carbons (Fsp3) is 0.429. The monoisotopic (exact) mass is 152 g/mol. The topological polar surface area (TPSA) is 57.8 Å². The first-order valence-electron chi connectivity index (χ1n) is 3.42. The number of H-pyrrole nitrogens is 1. The molecule has 0 saturated carbocycles. The molecule has 0 atom stereocenters. The lowest BCUT2D eigenvalue weighted by atomic mass is 10.4. The Kier molecular flexibility index (Phi) is 2.25. The zero-order valence-corrected chi connectivity index (χ0v) is 6.51. The Morgan fingerprint density at radius 2 is 2.45 bits per heavy atom. The quantitative estimate of drug-likeness (QED) is 0.644. The summed E-state index contributed by atoms with van der Waals surface area (Å²) in [7, 11) is 0. The molecular weight excluding hydrogens is 142 g/mol. The van der Waals surface area contributed by atoms with Crippen molar-refractivity contribution in [3.8, 4) is 0 Å². The van der Waals surface area contributed by atoms with Gasteiger partial charge in [-0.05, 0) is 13.8 Å². The third-order valence-electron chi connectivity index (χ3n) is 1.03. The van der Waals surface area contributed by atoms with Gasteiger partial charge in [0.25, 0.3) is 5.56 Å². The first-order valence-corrected chi connectivity index (χ1v) is 3.42. The van der Waals surface area contributed by atoms with Crippen LogP contribution in [-0.4, -0.2) is 16.0 Å². The van der Waals surface area contributed by atoms with Gasteiger partial charge in [0, 0.05) is 12.1 Å². The van der Waals surface area contributed by atoms with Gasteiger partial charge in [-0.2, -0.15) is 4.98 Å². The SMILES string of the molecule is CC(C)Nc1nc(=O)c[c][nH]1. The molecule has 0 saturated heterocycles. The van der Waals surface area contributed by atoms with Crippen LogP contribution in [0.1, 0.15) is 13.8 Å². The van der Waals surface area contributed by atoms with Gasteiger partial charge in [-0.1, -0.05) is 0 Å². The normalized spacial score (nSPS) is 10.1. The highest BCUT2D eigenvalue weighted by atomic mass is 16.1. The summed E-state index contributed by atoms with van der Waals surface area (Å²) < 4.78 is 0. The van der Waals surface area contributed by atoms with E-state index in [0.29, 0.717) is 5.95 Å². The van der Waals surface area contributed by atoms with Crippen molar-refractivity contribution in [3.63, 3.8) is 0 Å². The van der Waals surface area contributed by atoms with Crippen LogP contribution in [0.2, 0.25) is 0 Å². The second-order valence-corrected chi connectivity index (χ2v) is 2.51. The molecule has 0 aliphatic rings. The second-order valence-electron chi connectivity index (χ2n) is 2.51. The minimum atomic E-state index is -0.285. The number of anilines is 1. The number of aromatic amines is 1. The van der Waals surface area contributed by atoms with Crippen molar-refractivity contribution in [2.45, 2.75) is 19.9 Å². The van der Waals surface area contributed by atoms with Crippen LogP contribution in [-0.2, 0) is 0 Å². The van der Waals surface area contributed by atoms with Gasteiger partial charge in [-0.25, -0.2) is 0 Å². The third kappa shape index (κ3) is 2.41. The number of hydrogen-bond donors (Lipinski definition) is 2. The lowest BCUT2D eigenvalue weighted by Crippen LogP contribution is -2.16. The van der Waals surface area contributed by atoms with Gasteiger partial charge in [0.15, 0.2) is 0 Å². The Labute approximate surface area is 64.7 Å². The van der Waals surface area contributed by atoms with E-state index in [9.17, 15) is 4.79 Å². The molecule has 1 radical (unpaired) electrons. The summed E-state index contributed by atoms with van der Waals surface area (Å²) in [6, 6.07) is 1.51. The number of nitrogens with zero attached hydrogens (tertiary/aromatic N) is 1. The molecule has 0 aromatic carbocycles. The predicted molar refractivity (Wildman–Crippen MR) is 42.5 cm³/mol. The maximum absolute atomic E-state index is 10.7. The van der Waals surface area contributed by atoms with Crippen molar-refractivity contribution < 1.29 is 0 Å². The van der Waals surface area contributed by atoms with Crippen LogP contribution in [0.25, 0.3) is 0 Å². The average Bonchev–Trinajstić information content (AvgIpc) is 1.85. The summed E-state index contributed by atoms with van der Waals surface area (Å²) >= 11 is 0. The van der Waals surface area contributed by atoms with Gasteiger partial charge in [0.2, 0.25) is 5.95 Å². The van der Waals surface area contributed by atoms with E-state index < -0.39 is 0 Å². The summed E-state index contributed by atoms with van der Waals surface area (Å²) in [6.07, 6.45) is 2.57. The molecule has 0 spiro atoms. The maximum Gasteiger partial charge on any atom is 0.275 e. The van der Waals surface area contributed by atoms with E-state index in [0.717, 1.165) is 0 Å². The minimum absolute atomic E-state index is 0.258. The average molecular weight is 152 g/mol. The summed E-state index contributed by atoms with van der Waals surface area (Å²) in [6.45, 7) is 3.93. The minimum Gasteiger partial charge on any atom is -0.354 e. The second kappa shape index (κ2) is 3.18. The molecule has 4 nitrogen and oxygen atoms in total. The van der Waals surface area contributed by atoms with E-state index >= 15 is 0 Å². The number of aromatic nitrogens is 2. The van der Waals surface area contributed by atoms with Crippen LogP contribution in [0.5, 0.6) is 0 Å². The molecule has 0 unspecified atom stereocenters. The van der Waals surface area contributed by atoms with Crippen molar-refractivity contribution in [2.75, 3.05) is 5.32 Å². The van der Waals surface area contributed by atoms with Crippen LogP contribution < -0.4 is 10.9 Å². The standard InChI is InChI=1S/C7H10N3O/c1-5(2)9-7-8-4-3-6(11)10-7/h3,5H,1-2H3,(H2,8,9,10,11). The van der Waals surface area contributed by atoms with Gasteiger partial charge in [-0.15, -0.1) is 0 Å². The molecule has 4 heteroatoms. The van der Waals surface area contributed by atoms with Crippen LogP contribution >= 0.6 is 0 Å². The molecule has 11 heavy (non-hydrogen) atoms. The smallest absolute Gasteiger partial charge is 0.275 e. The van der Waals surface area contributed by atoms with E-state index in [2.05, 4.69) is 21.5 Å². The largest absolute Gasteiger partial charge is 0.354 e. The van der Waals surface area contributed by atoms with Crippen molar-refractivity contribution >= 4 is 5.95 Å². The lowest BCUT2D eigenvalue weighted by Gasteiger charge is -2.06. The van der Waals surface area contributed by atoms with E-state index in [1.807, 2.05) is 13.8 Å². The fourth-order valence-electron chi connectivity index (χ4n) is 0.678. The third-order valence-corrected chi connectivity index (χ3v) is 1.03. The number of rotatable bonds is 2. The molecular formula is C7H10N3O. The highest BCUT2D eigenvalue weighted by Crippen LogP contribution is 1.93. The van der Waals surface area contributed by atoms with Crippen molar-refractivity contribution in [1.29, 1.82) is 0 Å². The molecule has 0 aliphatic carbocycles. The molecule has 1 rings (SSSR count). The molecule has 0 bridgehead atoms. The first kappa shape index (κ1) is 7.78. The molecule has 1 heterocycles. The summed E-state index contributed by atoms with van der Waals surface area (Å²) in [5.74, 6) is 0.465. The summed E-state index contributed by atoms with van der Waals surface area (Å²) in [5.41, 5.74) is -0.285. The highest BCUT2D eigenvalue weighted by molar-refractivity contribution is 5.22. The van der Waals surface area contributed by atoms with Crippen LogP contribution in [0.15, 0.2) is 10.9 Å². The van der Waals surface area contributed by atoms with Crippen molar-refractivity contribution in [3.05, 3.63) is 22.6 Å². The Morgan fingerprint density at radius 3 is 3.00 bits per heavy atom. The zero-order valence-electron chi connectivity index (χ0n) is 6.51. The first-order chi connectivity index (χ1) is 5.18. The summed E-state index contributed by atoms with van der Waals surface area (Å²) in [4.78, 5) is 17.0. The summed E-state index contributed by atoms with van der Waals surface area (Å²) in [5, 5.41) is 2.95. The van der Waals surface area contributed by atoms with Crippen molar-refractivity contribution in [1.82, 2.24) is 9.97 Å². The predicted octanol–water partition coefficient (Wildman–Crippen LogP) is 0.390. The van der Waals surface area contributed by atoms with Gasteiger partial charge < -0.3 is 10.3 Å². The molecule has 0 fully saturated rings. The van der Waals surface area contributed by atoms with E-state index in [1.165, 1.54) is 6.07 Å². The number of nitrogens with one attached hydrogen (secondary N) is 2. The van der Waals surface area contributed by atoms with Gasteiger partial charge in [0.1, 0.15) is 0 Å². The zero-order chi connectivity index (χ0) is 8.27. The maximum atomic E-state index is 10.7. The van der Waals surface area contributed by atoms with E-state index in [4.69, 9.17) is 0 Å². The van der Waals surface area contributed by atoms with Gasteiger partial charge in [-0.3, -0.25) is 4.79 Å². The van der Waals surface area contributed by atoms with Crippen molar-refractivity contribution in [2.24, 2.45) is 0 Å². The Morgan fingerprint density at radius 1 is 1.73 bits per heavy atom. The van der Waals surface area contributed by atoms with Gasteiger partial charge in [0.05, 0.1) is 6.20 Å². The molecule has 0 aliphatic heterocycles. The van der Waals surface area contributed by atoms with Crippen LogP contribution in [0.3, 0.4) is 0 Å². The fourth-order valence-corrected chi connectivity index (χ4v) is 0.678.